The molecule has 0 saturated carbocycles. The van der Waals surface area contributed by atoms with Gasteiger partial charge in [0.15, 0.2) is 0 Å². The quantitative estimate of drug-likeness (QED) is 0.390. The number of carbonyl (C=O) groups excluding carboxylic acids is 1. The summed E-state index contributed by atoms with van der Waals surface area (Å²) < 4.78 is 33.2. The largest absolute Gasteiger partial charge is 0.422 e. The number of sulfonamides is 1. The fourth-order valence-electron chi connectivity index (χ4n) is 3.32. The van der Waals surface area contributed by atoms with Crippen molar-refractivity contribution in [2.24, 2.45) is 0 Å². The molecule has 6 nitrogen and oxygen atoms in total. The topological polar surface area (TPSA) is 84.7 Å². The van der Waals surface area contributed by atoms with E-state index in [-0.39, 0.29) is 16.1 Å². The number of para-hydroxylation sites is 1. The molecule has 0 aliphatic rings. The molecule has 0 bridgehead atoms. The van der Waals surface area contributed by atoms with Crippen molar-refractivity contribution in [3.8, 4) is 0 Å². The fourth-order valence-corrected chi connectivity index (χ4v) is 4.91. The fraction of sp³-hybridized carbons (Fsp3) is 0.0833. The smallest absolute Gasteiger partial charge is 0.349 e. The number of halogens is 1. The van der Waals surface area contributed by atoms with Crippen LogP contribution in [0.25, 0.3) is 11.0 Å². The summed E-state index contributed by atoms with van der Waals surface area (Å²) in [6.07, 6.45) is 0. The van der Waals surface area contributed by atoms with Gasteiger partial charge >= 0.3 is 5.63 Å². The first-order valence-electron chi connectivity index (χ1n) is 9.64. The minimum atomic E-state index is -4.38. The van der Waals surface area contributed by atoms with Crippen molar-refractivity contribution in [3.05, 3.63) is 105 Å². The van der Waals surface area contributed by atoms with Gasteiger partial charge in [0.2, 0.25) is 0 Å². The summed E-state index contributed by atoms with van der Waals surface area (Å²) in [4.78, 5) is 26.1. The number of nitrogens with zero attached hydrogens (tertiary/aromatic N) is 1. The molecule has 0 spiro atoms. The third kappa shape index (κ3) is 3.92. The number of carbonyl (C=O) groups is 1. The Hall–Kier alpha value is -3.42. The van der Waals surface area contributed by atoms with Crippen LogP contribution in [0.4, 0.5) is 5.69 Å². The predicted molar refractivity (Wildman–Crippen MR) is 124 cm³/mol. The van der Waals surface area contributed by atoms with E-state index in [0.29, 0.717) is 25.9 Å². The molecule has 1 amide bonds. The van der Waals surface area contributed by atoms with Crippen LogP contribution in [0.2, 0.25) is 5.02 Å². The zero-order valence-corrected chi connectivity index (χ0v) is 18.8. The molecule has 1 aromatic heterocycles. The minimum Gasteiger partial charge on any atom is -0.422 e. The van der Waals surface area contributed by atoms with E-state index in [1.54, 1.807) is 56.3 Å². The minimum absolute atomic E-state index is 0.138. The molecule has 4 aromatic rings. The highest BCUT2D eigenvalue weighted by molar-refractivity contribution is 7.93. The molecule has 0 aliphatic carbocycles. The van der Waals surface area contributed by atoms with Gasteiger partial charge in [-0.1, -0.05) is 41.9 Å². The molecular weight excluding hydrogens is 450 g/mol. The second-order valence-electron chi connectivity index (χ2n) is 7.30. The number of hydrogen-bond acceptors (Lipinski definition) is 5. The Labute approximate surface area is 189 Å². The second kappa shape index (κ2) is 8.26. The first-order chi connectivity index (χ1) is 15.2. The molecule has 162 valence electrons. The molecule has 0 aliphatic heterocycles. The van der Waals surface area contributed by atoms with E-state index in [0.717, 1.165) is 5.56 Å². The van der Waals surface area contributed by atoms with Crippen LogP contribution in [-0.2, 0) is 10.0 Å². The van der Waals surface area contributed by atoms with Gasteiger partial charge < -0.3 is 4.42 Å². The summed E-state index contributed by atoms with van der Waals surface area (Å²) in [5, 5.41) is 0.851. The molecule has 0 unspecified atom stereocenters. The van der Waals surface area contributed by atoms with Gasteiger partial charge in [-0.3, -0.25) is 4.79 Å². The van der Waals surface area contributed by atoms with E-state index in [1.165, 1.54) is 30.3 Å². The maximum absolute atomic E-state index is 13.6. The zero-order chi connectivity index (χ0) is 23.0. The zero-order valence-electron chi connectivity index (χ0n) is 17.2. The number of anilines is 1. The maximum Gasteiger partial charge on any atom is 0.349 e. The van der Waals surface area contributed by atoms with E-state index in [4.69, 9.17) is 16.0 Å². The molecule has 0 N–H and O–H groups in total. The van der Waals surface area contributed by atoms with Gasteiger partial charge in [0.05, 0.1) is 10.6 Å². The normalized spacial score (nSPS) is 11.5. The van der Waals surface area contributed by atoms with Gasteiger partial charge in [-0.15, -0.1) is 0 Å². The molecule has 0 fully saturated rings. The Morgan fingerprint density at radius 2 is 1.62 bits per heavy atom. The standard InChI is InChI=1S/C24H18ClNO5S/c1-15-7-8-16(2)21(13-15)26(32(29,30)19-11-9-18(25)10-12-19)23(27)20-14-17-5-3-4-6-22(17)31-24(20)28/h3-14H,1-2H3. The van der Waals surface area contributed by atoms with Crippen LogP contribution in [0.15, 0.2) is 86.9 Å². The molecule has 3 aromatic carbocycles. The van der Waals surface area contributed by atoms with E-state index in [9.17, 15) is 18.0 Å². The lowest BCUT2D eigenvalue weighted by atomic mass is 10.1. The summed E-state index contributed by atoms with van der Waals surface area (Å²) >= 11 is 5.91. The van der Waals surface area contributed by atoms with Crippen molar-refractivity contribution in [3.63, 3.8) is 0 Å². The first-order valence-corrected chi connectivity index (χ1v) is 11.5. The number of aryl methyl sites for hydroxylation is 2. The van der Waals surface area contributed by atoms with Crippen molar-refractivity contribution in [2.45, 2.75) is 18.7 Å². The average Bonchev–Trinajstić information content (AvgIpc) is 2.76. The van der Waals surface area contributed by atoms with Crippen molar-refractivity contribution in [1.29, 1.82) is 0 Å². The molecule has 0 saturated heterocycles. The lowest BCUT2D eigenvalue weighted by Crippen LogP contribution is -2.39. The number of amides is 1. The van der Waals surface area contributed by atoms with Crippen LogP contribution < -0.4 is 9.93 Å². The van der Waals surface area contributed by atoms with Crippen LogP contribution >= 0.6 is 11.6 Å². The highest BCUT2D eigenvalue weighted by Crippen LogP contribution is 2.30. The molecule has 32 heavy (non-hydrogen) atoms. The molecule has 1 heterocycles. The highest BCUT2D eigenvalue weighted by Gasteiger charge is 2.34. The summed E-state index contributed by atoms with van der Waals surface area (Å²) in [6, 6.07) is 18.6. The Bertz CT molecular complexity index is 1510. The summed E-state index contributed by atoms with van der Waals surface area (Å²) in [5.74, 6) is -1.01. The van der Waals surface area contributed by atoms with Gasteiger partial charge in [0, 0.05) is 10.4 Å². The third-order valence-electron chi connectivity index (χ3n) is 4.99. The monoisotopic (exact) mass is 467 g/mol. The number of hydrogen-bond donors (Lipinski definition) is 0. The number of benzene rings is 3. The molecule has 4 rings (SSSR count). The Balaban J connectivity index is 1.97. The van der Waals surface area contributed by atoms with Crippen LogP contribution in [0, 0.1) is 13.8 Å². The Morgan fingerprint density at radius 1 is 0.938 bits per heavy atom. The molecule has 0 radical (unpaired) electrons. The van der Waals surface area contributed by atoms with Crippen LogP contribution in [0.5, 0.6) is 0 Å². The summed E-state index contributed by atoms with van der Waals surface area (Å²) in [5.41, 5.74) is 0.440. The lowest BCUT2D eigenvalue weighted by Gasteiger charge is -2.24. The number of rotatable bonds is 4. The van der Waals surface area contributed by atoms with Crippen LogP contribution in [0.3, 0.4) is 0 Å². The Morgan fingerprint density at radius 3 is 2.34 bits per heavy atom. The second-order valence-corrected chi connectivity index (χ2v) is 9.53. The SMILES string of the molecule is Cc1ccc(C)c(N(C(=O)c2cc3ccccc3oc2=O)S(=O)(=O)c2ccc(Cl)cc2)c1. The van der Waals surface area contributed by atoms with E-state index < -0.39 is 21.6 Å². The van der Waals surface area contributed by atoms with Gasteiger partial charge in [-0.2, -0.15) is 4.31 Å². The summed E-state index contributed by atoms with van der Waals surface area (Å²) in [7, 11) is -4.38. The number of fused-ring (bicyclic) bond motifs is 1. The van der Waals surface area contributed by atoms with Gasteiger partial charge in [0.1, 0.15) is 11.1 Å². The van der Waals surface area contributed by atoms with Crippen molar-refractivity contribution in [1.82, 2.24) is 0 Å². The van der Waals surface area contributed by atoms with Crippen molar-refractivity contribution in [2.75, 3.05) is 4.31 Å². The van der Waals surface area contributed by atoms with Gasteiger partial charge in [-0.05, 0) is 67.4 Å². The van der Waals surface area contributed by atoms with Crippen molar-refractivity contribution < 1.29 is 17.6 Å². The lowest BCUT2D eigenvalue weighted by molar-refractivity contribution is 0.100. The van der Waals surface area contributed by atoms with E-state index in [2.05, 4.69) is 0 Å². The van der Waals surface area contributed by atoms with Gasteiger partial charge in [0.25, 0.3) is 15.9 Å². The third-order valence-corrected chi connectivity index (χ3v) is 6.95. The predicted octanol–water partition coefficient (Wildman–Crippen LogP) is 5.10. The van der Waals surface area contributed by atoms with E-state index >= 15 is 0 Å². The maximum atomic E-state index is 13.6. The van der Waals surface area contributed by atoms with Crippen LogP contribution in [-0.4, -0.2) is 14.3 Å². The van der Waals surface area contributed by atoms with Crippen molar-refractivity contribution >= 4 is 44.2 Å². The van der Waals surface area contributed by atoms with Gasteiger partial charge in [-0.25, -0.2) is 13.2 Å². The first kappa shape index (κ1) is 21.8. The van der Waals surface area contributed by atoms with E-state index in [1.807, 2.05) is 0 Å². The molecule has 8 heteroatoms. The summed E-state index contributed by atoms with van der Waals surface area (Å²) in [6.45, 7) is 3.47. The Kier molecular flexibility index (Phi) is 5.62. The highest BCUT2D eigenvalue weighted by atomic mass is 35.5. The van der Waals surface area contributed by atoms with Crippen LogP contribution in [0.1, 0.15) is 21.5 Å². The molecule has 0 atom stereocenters. The average molecular weight is 468 g/mol. The molecular formula is C24H18ClNO5S.